The highest BCUT2D eigenvalue weighted by Gasteiger charge is 2.41. The second kappa shape index (κ2) is 6.39. The van der Waals surface area contributed by atoms with Gasteiger partial charge in [0, 0.05) is 18.0 Å². The molecule has 2 atom stereocenters. The summed E-state index contributed by atoms with van der Waals surface area (Å²) in [5.74, 6) is -0.506. The lowest BCUT2D eigenvalue weighted by Crippen LogP contribution is -2.51. The number of aliphatic carboxylic acids is 1. The molecule has 21 heavy (non-hydrogen) atoms. The molecule has 1 aromatic rings. The molecule has 1 saturated heterocycles. The van der Waals surface area contributed by atoms with Crippen molar-refractivity contribution in [2.24, 2.45) is 0 Å². The van der Waals surface area contributed by atoms with Gasteiger partial charge in [0.1, 0.15) is 6.04 Å². The maximum absolute atomic E-state index is 12.8. The van der Waals surface area contributed by atoms with Gasteiger partial charge in [-0.2, -0.15) is 0 Å². The maximum atomic E-state index is 12.8. The smallest absolute Gasteiger partial charge is 0.327 e. The van der Waals surface area contributed by atoms with Crippen LogP contribution < -0.4 is 4.90 Å². The SMILES string of the molecule is CCN(C(=O)N1C(C)SCC1C(=O)O)c1ccc(C)cc1. The highest BCUT2D eigenvalue weighted by molar-refractivity contribution is 8.00. The number of carboxylic acids is 1. The van der Waals surface area contributed by atoms with Gasteiger partial charge in [0.25, 0.3) is 0 Å². The Morgan fingerprint density at radius 3 is 2.52 bits per heavy atom. The van der Waals surface area contributed by atoms with Gasteiger partial charge in [0.2, 0.25) is 0 Å². The van der Waals surface area contributed by atoms with Crippen LogP contribution in [0.1, 0.15) is 19.4 Å². The van der Waals surface area contributed by atoms with Crippen LogP contribution >= 0.6 is 11.8 Å². The van der Waals surface area contributed by atoms with Crippen LogP contribution in [0.3, 0.4) is 0 Å². The van der Waals surface area contributed by atoms with Gasteiger partial charge >= 0.3 is 12.0 Å². The first kappa shape index (κ1) is 15.7. The number of amides is 2. The molecule has 1 aliphatic heterocycles. The molecule has 1 heterocycles. The fraction of sp³-hybridized carbons (Fsp3) is 0.467. The standard InChI is InChI=1S/C15H20N2O3S/c1-4-16(12-7-5-10(2)6-8-12)15(20)17-11(3)21-9-13(17)14(18)19/h5-8,11,13H,4,9H2,1-3H3,(H,18,19). The molecular formula is C15H20N2O3S. The first-order valence-electron chi connectivity index (χ1n) is 6.96. The highest BCUT2D eigenvalue weighted by Crippen LogP contribution is 2.31. The molecule has 0 bridgehead atoms. The van der Waals surface area contributed by atoms with Crippen molar-refractivity contribution in [3.05, 3.63) is 29.8 Å². The van der Waals surface area contributed by atoms with Crippen LogP contribution in [0.2, 0.25) is 0 Å². The monoisotopic (exact) mass is 308 g/mol. The zero-order valence-electron chi connectivity index (χ0n) is 12.4. The van der Waals surface area contributed by atoms with Crippen molar-refractivity contribution in [2.45, 2.75) is 32.2 Å². The average molecular weight is 308 g/mol. The number of carbonyl (C=O) groups is 2. The van der Waals surface area contributed by atoms with Crippen molar-refractivity contribution >= 4 is 29.4 Å². The summed E-state index contributed by atoms with van der Waals surface area (Å²) in [4.78, 5) is 27.2. The molecule has 0 aromatic heterocycles. The van der Waals surface area contributed by atoms with Gasteiger partial charge in [-0.15, -0.1) is 11.8 Å². The van der Waals surface area contributed by atoms with E-state index in [9.17, 15) is 14.7 Å². The molecular weight excluding hydrogens is 288 g/mol. The van der Waals surface area contributed by atoms with Gasteiger partial charge in [-0.05, 0) is 32.9 Å². The summed E-state index contributed by atoms with van der Waals surface area (Å²) in [7, 11) is 0. The predicted octanol–water partition coefficient (Wildman–Crippen LogP) is 2.79. The molecule has 1 aromatic carbocycles. The fourth-order valence-corrected chi connectivity index (χ4v) is 3.58. The van der Waals surface area contributed by atoms with Crippen molar-refractivity contribution in [3.8, 4) is 0 Å². The first-order valence-corrected chi connectivity index (χ1v) is 8.01. The Labute approximate surface area is 128 Å². The Morgan fingerprint density at radius 1 is 1.38 bits per heavy atom. The van der Waals surface area contributed by atoms with Crippen LogP contribution in [-0.4, -0.2) is 45.7 Å². The summed E-state index contributed by atoms with van der Waals surface area (Å²) in [5, 5.41) is 9.16. The van der Waals surface area contributed by atoms with Crippen molar-refractivity contribution in [1.82, 2.24) is 4.90 Å². The van der Waals surface area contributed by atoms with Crippen molar-refractivity contribution in [2.75, 3.05) is 17.2 Å². The van der Waals surface area contributed by atoms with Gasteiger partial charge in [-0.25, -0.2) is 9.59 Å². The van der Waals surface area contributed by atoms with Gasteiger partial charge in [-0.1, -0.05) is 17.7 Å². The zero-order chi connectivity index (χ0) is 15.6. The predicted molar refractivity (Wildman–Crippen MR) is 84.8 cm³/mol. The van der Waals surface area contributed by atoms with Crippen LogP contribution in [0.25, 0.3) is 0 Å². The molecule has 2 unspecified atom stereocenters. The largest absolute Gasteiger partial charge is 0.480 e. The lowest BCUT2D eigenvalue weighted by Gasteiger charge is -2.31. The first-order chi connectivity index (χ1) is 9.95. The summed E-state index contributed by atoms with van der Waals surface area (Å²) in [5.41, 5.74) is 1.91. The van der Waals surface area contributed by atoms with E-state index in [1.807, 2.05) is 45.0 Å². The van der Waals surface area contributed by atoms with Crippen LogP contribution in [-0.2, 0) is 4.79 Å². The third-order valence-electron chi connectivity index (χ3n) is 3.62. The quantitative estimate of drug-likeness (QED) is 0.932. The maximum Gasteiger partial charge on any atom is 0.327 e. The molecule has 2 amide bonds. The molecule has 0 saturated carbocycles. The lowest BCUT2D eigenvalue weighted by molar-refractivity contribution is -0.141. The number of anilines is 1. The van der Waals surface area contributed by atoms with Gasteiger partial charge < -0.3 is 5.11 Å². The molecule has 5 nitrogen and oxygen atoms in total. The van der Waals surface area contributed by atoms with Crippen LogP contribution in [0, 0.1) is 6.92 Å². The highest BCUT2D eigenvalue weighted by atomic mass is 32.2. The molecule has 2 rings (SSSR count). The molecule has 1 aliphatic rings. The summed E-state index contributed by atoms with van der Waals surface area (Å²) < 4.78 is 0. The normalized spacial score (nSPS) is 21.4. The Bertz CT molecular complexity index is 532. The van der Waals surface area contributed by atoms with E-state index < -0.39 is 12.0 Å². The molecule has 1 N–H and O–H groups in total. The number of thioether (sulfide) groups is 1. The fourth-order valence-electron chi connectivity index (χ4n) is 2.42. The average Bonchev–Trinajstić information content (AvgIpc) is 2.83. The van der Waals surface area contributed by atoms with Crippen molar-refractivity contribution in [3.63, 3.8) is 0 Å². The molecule has 1 fully saturated rings. The number of carbonyl (C=O) groups excluding carboxylic acids is 1. The second-order valence-corrected chi connectivity index (χ2v) is 6.41. The summed E-state index contributed by atoms with van der Waals surface area (Å²) in [6.45, 7) is 6.25. The minimum absolute atomic E-state index is 0.127. The Balaban J connectivity index is 2.27. The summed E-state index contributed by atoms with van der Waals surface area (Å²) >= 11 is 1.49. The number of benzene rings is 1. The Hall–Kier alpha value is -1.69. The molecule has 0 radical (unpaired) electrons. The van der Waals surface area contributed by atoms with Gasteiger partial charge in [-0.3, -0.25) is 9.80 Å². The van der Waals surface area contributed by atoms with E-state index in [4.69, 9.17) is 0 Å². The van der Waals surface area contributed by atoms with Crippen LogP contribution in [0.5, 0.6) is 0 Å². The van der Waals surface area contributed by atoms with Crippen LogP contribution in [0.15, 0.2) is 24.3 Å². The van der Waals surface area contributed by atoms with E-state index >= 15 is 0 Å². The van der Waals surface area contributed by atoms with Gasteiger partial charge in [0.05, 0.1) is 5.37 Å². The van der Waals surface area contributed by atoms with E-state index in [1.165, 1.54) is 16.7 Å². The summed E-state index contributed by atoms with van der Waals surface area (Å²) in [6, 6.07) is 6.67. The van der Waals surface area contributed by atoms with E-state index in [2.05, 4.69) is 0 Å². The van der Waals surface area contributed by atoms with E-state index in [0.29, 0.717) is 12.3 Å². The minimum Gasteiger partial charge on any atom is -0.480 e. The third kappa shape index (κ3) is 3.15. The van der Waals surface area contributed by atoms with E-state index in [1.54, 1.807) is 4.90 Å². The number of carboxylic acid groups (broad SMARTS) is 1. The Morgan fingerprint density at radius 2 is 2.00 bits per heavy atom. The molecule has 0 spiro atoms. The lowest BCUT2D eigenvalue weighted by atomic mass is 10.2. The van der Waals surface area contributed by atoms with E-state index in [0.717, 1.165) is 11.3 Å². The zero-order valence-corrected chi connectivity index (χ0v) is 13.3. The van der Waals surface area contributed by atoms with E-state index in [-0.39, 0.29) is 11.4 Å². The molecule has 6 heteroatoms. The number of aryl methyl sites for hydroxylation is 1. The topological polar surface area (TPSA) is 60.9 Å². The minimum atomic E-state index is -0.944. The number of hydrogen-bond donors (Lipinski definition) is 1. The Kier molecular flexibility index (Phi) is 4.77. The number of rotatable bonds is 3. The molecule has 0 aliphatic carbocycles. The van der Waals surface area contributed by atoms with Crippen molar-refractivity contribution < 1.29 is 14.7 Å². The number of hydrogen-bond acceptors (Lipinski definition) is 3. The third-order valence-corrected chi connectivity index (χ3v) is 4.84. The van der Waals surface area contributed by atoms with Gasteiger partial charge in [0.15, 0.2) is 0 Å². The van der Waals surface area contributed by atoms with Crippen molar-refractivity contribution in [1.29, 1.82) is 0 Å². The second-order valence-electron chi connectivity index (χ2n) is 5.06. The number of nitrogens with zero attached hydrogens (tertiary/aromatic N) is 2. The van der Waals surface area contributed by atoms with Crippen LogP contribution in [0.4, 0.5) is 10.5 Å². The number of urea groups is 1. The molecule has 114 valence electrons. The summed E-state index contributed by atoms with van der Waals surface area (Å²) in [6.07, 6.45) is 0.